The maximum Gasteiger partial charge on any atom is 0.0897 e. The van der Waals surface area contributed by atoms with Crippen molar-refractivity contribution in [3.05, 3.63) is 43.9 Å². The van der Waals surface area contributed by atoms with Crippen molar-refractivity contribution in [1.82, 2.24) is 4.98 Å². The Morgan fingerprint density at radius 2 is 2.12 bits per heavy atom. The lowest BCUT2D eigenvalue weighted by Crippen LogP contribution is -2.05. The van der Waals surface area contributed by atoms with Crippen LogP contribution in [0.25, 0.3) is 0 Å². The number of aryl methyl sites for hydroxylation is 1. The molecule has 0 aliphatic rings. The second-order valence-corrected chi connectivity index (χ2v) is 6.06. The zero-order chi connectivity index (χ0) is 11.5. The highest BCUT2D eigenvalue weighted by atomic mass is 127. The van der Waals surface area contributed by atoms with Crippen molar-refractivity contribution in [3.63, 3.8) is 0 Å². The molecule has 0 fully saturated rings. The number of halogens is 1. The van der Waals surface area contributed by atoms with Gasteiger partial charge in [0.25, 0.3) is 0 Å². The Morgan fingerprint density at radius 3 is 2.75 bits per heavy atom. The van der Waals surface area contributed by atoms with Gasteiger partial charge in [0, 0.05) is 20.3 Å². The second kappa shape index (κ2) is 5.14. The molecule has 0 saturated carbocycles. The van der Waals surface area contributed by atoms with E-state index in [4.69, 9.17) is 0 Å². The van der Waals surface area contributed by atoms with Crippen molar-refractivity contribution >= 4 is 39.6 Å². The number of thiazole rings is 1. The van der Waals surface area contributed by atoms with Crippen LogP contribution >= 0.6 is 33.9 Å². The SMILES string of the molecule is Cc1ncc(C(C)Nc2ccccc2I)s1. The van der Waals surface area contributed by atoms with Crippen LogP contribution in [0.4, 0.5) is 5.69 Å². The first-order valence-corrected chi connectivity index (χ1v) is 7.00. The fraction of sp³-hybridized carbons (Fsp3) is 0.250. The van der Waals surface area contributed by atoms with Crippen LogP contribution < -0.4 is 5.32 Å². The first kappa shape index (κ1) is 11.9. The van der Waals surface area contributed by atoms with Gasteiger partial charge in [-0.25, -0.2) is 4.98 Å². The highest BCUT2D eigenvalue weighted by molar-refractivity contribution is 14.1. The molecule has 0 saturated heterocycles. The summed E-state index contributed by atoms with van der Waals surface area (Å²) in [6.07, 6.45) is 1.95. The molecule has 0 bridgehead atoms. The van der Waals surface area contributed by atoms with Gasteiger partial charge in [-0.15, -0.1) is 11.3 Å². The van der Waals surface area contributed by atoms with E-state index in [0.29, 0.717) is 6.04 Å². The maximum absolute atomic E-state index is 4.28. The summed E-state index contributed by atoms with van der Waals surface area (Å²) in [5.41, 5.74) is 1.18. The number of nitrogens with one attached hydrogen (secondary N) is 1. The molecule has 1 unspecified atom stereocenters. The van der Waals surface area contributed by atoms with E-state index in [1.165, 1.54) is 14.1 Å². The zero-order valence-electron chi connectivity index (χ0n) is 9.20. The topological polar surface area (TPSA) is 24.9 Å². The molecule has 1 N–H and O–H groups in total. The summed E-state index contributed by atoms with van der Waals surface area (Å²) in [7, 11) is 0. The lowest BCUT2D eigenvalue weighted by atomic mass is 10.2. The average molecular weight is 344 g/mol. The minimum Gasteiger partial charge on any atom is -0.377 e. The third-order valence-electron chi connectivity index (χ3n) is 2.31. The molecule has 0 radical (unpaired) electrons. The third kappa shape index (κ3) is 2.74. The van der Waals surface area contributed by atoms with Gasteiger partial charge in [0.05, 0.1) is 11.0 Å². The van der Waals surface area contributed by atoms with E-state index in [1.54, 1.807) is 11.3 Å². The molecule has 0 aliphatic carbocycles. The molecule has 0 spiro atoms. The number of para-hydroxylation sites is 1. The highest BCUT2D eigenvalue weighted by Gasteiger charge is 2.09. The lowest BCUT2D eigenvalue weighted by Gasteiger charge is -2.14. The molecule has 1 aromatic heterocycles. The standard InChI is InChI=1S/C12H13IN2S/c1-8(12-7-14-9(2)16-12)15-11-6-4-3-5-10(11)13/h3-8,15H,1-2H3. The number of aromatic nitrogens is 1. The monoisotopic (exact) mass is 344 g/mol. The molecule has 2 nitrogen and oxygen atoms in total. The summed E-state index contributed by atoms with van der Waals surface area (Å²) in [6.45, 7) is 4.20. The number of hydrogen-bond acceptors (Lipinski definition) is 3. The van der Waals surface area contributed by atoms with Crippen molar-refractivity contribution in [2.45, 2.75) is 19.9 Å². The summed E-state index contributed by atoms with van der Waals surface area (Å²) in [5.74, 6) is 0. The number of nitrogens with zero attached hydrogens (tertiary/aromatic N) is 1. The Bertz CT molecular complexity index is 481. The number of rotatable bonds is 3. The molecule has 0 amide bonds. The molecular weight excluding hydrogens is 331 g/mol. The van der Waals surface area contributed by atoms with Crippen LogP contribution in [0.5, 0.6) is 0 Å². The van der Waals surface area contributed by atoms with E-state index in [-0.39, 0.29) is 0 Å². The van der Waals surface area contributed by atoms with Gasteiger partial charge in [-0.05, 0) is 48.6 Å². The van der Waals surface area contributed by atoms with E-state index in [0.717, 1.165) is 5.01 Å². The van der Waals surface area contributed by atoms with Gasteiger partial charge in [-0.2, -0.15) is 0 Å². The van der Waals surface area contributed by atoms with Crippen LogP contribution in [0.15, 0.2) is 30.5 Å². The molecular formula is C12H13IN2S. The predicted octanol–water partition coefficient (Wildman–Crippen LogP) is 4.23. The van der Waals surface area contributed by atoms with Crippen molar-refractivity contribution in [1.29, 1.82) is 0 Å². The maximum atomic E-state index is 4.28. The van der Waals surface area contributed by atoms with Crippen molar-refractivity contribution < 1.29 is 0 Å². The molecule has 0 aliphatic heterocycles. The van der Waals surface area contributed by atoms with Gasteiger partial charge in [-0.3, -0.25) is 0 Å². The van der Waals surface area contributed by atoms with Gasteiger partial charge >= 0.3 is 0 Å². The molecule has 16 heavy (non-hydrogen) atoms. The van der Waals surface area contributed by atoms with E-state index in [1.807, 2.05) is 13.1 Å². The minimum absolute atomic E-state index is 0.308. The zero-order valence-corrected chi connectivity index (χ0v) is 12.2. The first-order chi connectivity index (χ1) is 7.66. The molecule has 1 heterocycles. The quantitative estimate of drug-likeness (QED) is 0.843. The summed E-state index contributed by atoms with van der Waals surface area (Å²) in [5, 5.41) is 4.62. The summed E-state index contributed by atoms with van der Waals surface area (Å²) >= 11 is 4.09. The molecule has 4 heteroatoms. The number of hydrogen-bond donors (Lipinski definition) is 1. The van der Waals surface area contributed by atoms with E-state index in [2.05, 4.69) is 64.1 Å². The van der Waals surface area contributed by atoms with Gasteiger partial charge in [0.1, 0.15) is 0 Å². The third-order valence-corrected chi connectivity index (χ3v) is 4.35. The van der Waals surface area contributed by atoms with Gasteiger partial charge < -0.3 is 5.32 Å². The molecule has 1 atom stereocenters. The molecule has 2 rings (SSSR count). The van der Waals surface area contributed by atoms with E-state index in [9.17, 15) is 0 Å². The Morgan fingerprint density at radius 1 is 1.38 bits per heavy atom. The number of anilines is 1. The number of benzene rings is 1. The van der Waals surface area contributed by atoms with Crippen LogP contribution in [0.3, 0.4) is 0 Å². The molecule has 1 aromatic carbocycles. The molecule has 2 aromatic rings. The summed E-state index contributed by atoms with van der Waals surface area (Å²) in [4.78, 5) is 5.55. The fourth-order valence-corrected chi connectivity index (χ4v) is 2.79. The van der Waals surface area contributed by atoms with Gasteiger partial charge in [-0.1, -0.05) is 12.1 Å². The largest absolute Gasteiger partial charge is 0.377 e. The normalized spacial score (nSPS) is 12.4. The van der Waals surface area contributed by atoms with Crippen LogP contribution in [-0.2, 0) is 0 Å². The lowest BCUT2D eigenvalue weighted by molar-refractivity contribution is 0.902. The highest BCUT2D eigenvalue weighted by Crippen LogP contribution is 2.26. The van der Waals surface area contributed by atoms with Crippen LogP contribution in [0.2, 0.25) is 0 Å². The Kier molecular flexibility index (Phi) is 3.81. The van der Waals surface area contributed by atoms with Crippen molar-refractivity contribution in [2.75, 3.05) is 5.32 Å². The predicted molar refractivity (Wildman–Crippen MR) is 78.0 cm³/mol. The second-order valence-electron chi connectivity index (χ2n) is 3.63. The molecule has 84 valence electrons. The minimum atomic E-state index is 0.308. The van der Waals surface area contributed by atoms with Gasteiger partial charge in [0.2, 0.25) is 0 Å². The summed E-state index contributed by atoms with van der Waals surface area (Å²) in [6, 6.07) is 8.62. The Labute approximate surface area is 113 Å². The van der Waals surface area contributed by atoms with E-state index >= 15 is 0 Å². The van der Waals surface area contributed by atoms with Crippen molar-refractivity contribution in [3.8, 4) is 0 Å². The van der Waals surface area contributed by atoms with Crippen LogP contribution in [0.1, 0.15) is 22.9 Å². The average Bonchev–Trinajstić information content (AvgIpc) is 2.68. The van der Waals surface area contributed by atoms with Crippen LogP contribution in [0, 0.1) is 10.5 Å². The van der Waals surface area contributed by atoms with Gasteiger partial charge in [0.15, 0.2) is 0 Å². The Hall–Kier alpha value is -0.620. The fourth-order valence-electron chi connectivity index (χ4n) is 1.46. The summed E-state index contributed by atoms with van der Waals surface area (Å²) < 4.78 is 1.24. The van der Waals surface area contributed by atoms with E-state index < -0.39 is 0 Å². The van der Waals surface area contributed by atoms with Crippen molar-refractivity contribution in [2.24, 2.45) is 0 Å². The van der Waals surface area contributed by atoms with Crippen LogP contribution in [-0.4, -0.2) is 4.98 Å². The Balaban J connectivity index is 2.13. The first-order valence-electron chi connectivity index (χ1n) is 5.10. The smallest absolute Gasteiger partial charge is 0.0897 e.